The van der Waals surface area contributed by atoms with Crippen molar-refractivity contribution in [2.24, 2.45) is 0 Å². The number of amides is 1. The standard InChI is InChI=1S/C20H20ClN5OS/c1-3-16-23-24-20-26(16)25-17(13-8-5-4-6-9-13)18(28-20)19(27)22-15-11-7-10-14(21)12(15)2/h4-11,17-18,25H,3H2,1-2H3,(H,22,27). The molecule has 1 aliphatic rings. The van der Waals surface area contributed by atoms with E-state index in [9.17, 15) is 4.79 Å². The van der Waals surface area contributed by atoms with Gasteiger partial charge in [0.15, 0.2) is 5.82 Å². The van der Waals surface area contributed by atoms with E-state index in [-0.39, 0.29) is 11.9 Å². The SMILES string of the molecule is CCc1nnc2n1NC(c1ccccc1)C(C(=O)Nc1cccc(Cl)c1C)S2. The molecule has 1 aliphatic heterocycles. The predicted octanol–water partition coefficient (Wildman–Crippen LogP) is 4.20. The molecule has 0 fully saturated rings. The summed E-state index contributed by atoms with van der Waals surface area (Å²) < 4.78 is 1.89. The Hall–Kier alpha value is -2.51. The Balaban J connectivity index is 1.68. The first-order chi connectivity index (χ1) is 13.6. The minimum Gasteiger partial charge on any atom is -0.325 e. The van der Waals surface area contributed by atoms with Crippen LogP contribution in [-0.4, -0.2) is 26.0 Å². The third-order valence-electron chi connectivity index (χ3n) is 4.76. The number of carbonyl (C=O) groups is 1. The summed E-state index contributed by atoms with van der Waals surface area (Å²) in [6.45, 7) is 3.92. The van der Waals surface area contributed by atoms with Crippen molar-refractivity contribution in [3.05, 3.63) is 70.5 Å². The van der Waals surface area contributed by atoms with E-state index in [1.54, 1.807) is 0 Å². The summed E-state index contributed by atoms with van der Waals surface area (Å²) in [5.41, 5.74) is 6.03. The number of halogens is 1. The molecule has 1 aromatic heterocycles. The fourth-order valence-corrected chi connectivity index (χ4v) is 4.46. The Labute approximate surface area is 172 Å². The van der Waals surface area contributed by atoms with Crippen LogP contribution in [0.3, 0.4) is 0 Å². The molecule has 8 heteroatoms. The second-order valence-corrected chi connectivity index (χ2v) is 8.06. The maximum Gasteiger partial charge on any atom is 0.240 e. The van der Waals surface area contributed by atoms with Gasteiger partial charge in [-0.1, -0.05) is 66.7 Å². The van der Waals surface area contributed by atoms with Crippen molar-refractivity contribution in [3.63, 3.8) is 0 Å². The van der Waals surface area contributed by atoms with Crippen molar-refractivity contribution in [1.82, 2.24) is 14.9 Å². The first-order valence-corrected chi connectivity index (χ1v) is 10.3. The molecular weight excluding hydrogens is 394 g/mol. The smallest absolute Gasteiger partial charge is 0.240 e. The summed E-state index contributed by atoms with van der Waals surface area (Å²) in [7, 11) is 0. The van der Waals surface area contributed by atoms with E-state index >= 15 is 0 Å². The number of aryl methyl sites for hydroxylation is 1. The van der Waals surface area contributed by atoms with Gasteiger partial charge >= 0.3 is 0 Å². The van der Waals surface area contributed by atoms with Crippen molar-refractivity contribution in [2.75, 3.05) is 10.7 Å². The van der Waals surface area contributed by atoms with Crippen molar-refractivity contribution in [3.8, 4) is 0 Å². The monoisotopic (exact) mass is 413 g/mol. The van der Waals surface area contributed by atoms with Crippen LogP contribution in [0, 0.1) is 6.92 Å². The first-order valence-electron chi connectivity index (χ1n) is 9.07. The lowest BCUT2D eigenvalue weighted by molar-refractivity contribution is -0.116. The maximum atomic E-state index is 13.2. The van der Waals surface area contributed by atoms with Crippen LogP contribution in [0.15, 0.2) is 53.7 Å². The molecule has 2 heterocycles. The summed E-state index contributed by atoms with van der Waals surface area (Å²) in [6, 6.07) is 15.2. The number of rotatable bonds is 4. The van der Waals surface area contributed by atoms with E-state index in [2.05, 4.69) is 20.9 Å². The lowest BCUT2D eigenvalue weighted by Gasteiger charge is -2.33. The Bertz CT molecular complexity index is 1010. The largest absolute Gasteiger partial charge is 0.325 e. The van der Waals surface area contributed by atoms with Crippen LogP contribution in [0.4, 0.5) is 5.69 Å². The van der Waals surface area contributed by atoms with Crippen LogP contribution in [0.25, 0.3) is 0 Å². The molecule has 2 aromatic carbocycles. The van der Waals surface area contributed by atoms with Crippen LogP contribution in [0.5, 0.6) is 0 Å². The van der Waals surface area contributed by atoms with E-state index in [1.165, 1.54) is 11.8 Å². The van der Waals surface area contributed by atoms with Crippen LogP contribution in [0.1, 0.15) is 29.9 Å². The summed E-state index contributed by atoms with van der Waals surface area (Å²) >= 11 is 7.62. The number of carbonyl (C=O) groups excluding carboxylic acids is 1. The van der Waals surface area contributed by atoms with Crippen LogP contribution >= 0.6 is 23.4 Å². The van der Waals surface area contributed by atoms with Crippen molar-refractivity contribution in [1.29, 1.82) is 0 Å². The van der Waals surface area contributed by atoms with E-state index in [0.29, 0.717) is 15.9 Å². The molecule has 0 radical (unpaired) electrons. The Kier molecular flexibility index (Phi) is 5.28. The Morgan fingerprint density at radius 2 is 2.00 bits per heavy atom. The fourth-order valence-electron chi connectivity index (χ4n) is 3.18. The number of benzene rings is 2. The van der Waals surface area contributed by atoms with Gasteiger partial charge in [0, 0.05) is 17.1 Å². The summed E-state index contributed by atoms with van der Waals surface area (Å²) in [6.07, 6.45) is 0.751. The van der Waals surface area contributed by atoms with Gasteiger partial charge in [-0.25, -0.2) is 4.68 Å². The van der Waals surface area contributed by atoms with Crippen LogP contribution < -0.4 is 10.7 Å². The molecule has 3 aromatic rings. The quantitative estimate of drug-likeness (QED) is 0.670. The average molecular weight is 414 g/mol. The number of hydrogen-bond donors (Lipinski definition) is 2. The Morgan fingerprint density at radius 3 is 2.75 bits per heavy atom. The van der Waals surface area contributed by atoms with Gasteiger partial charge < -0.3 is 10.7 Å². The average Bonchev–Trinajstić information content (AvgIpc) is 3.13. The minimum absolute atomic E-state index is 0.107. The van der Waals surface area contributed by atoms with E-state index in [1.807, 2.05) is 67.1 Å². The molecule has 0 saturated carbocycles. The highest BCUT2D eigenvalue weighted by Gasteiger charge is 2.37. The van der Waals surface area contributed by atoms with E-state index < -0.39 is 5.25 Å². The lowest BCUT2D eigenvalue weighted by Crippen LogP contribution is -2.41. The van der Waals surface area contributed by atoms with Gasteiger partial charge in [0.25, 0.3) is 0 Å². The summed E-state index contributed by atoms with van der Waals surface area (Å²) in [4.78, 5) is 13.2. The highest BCUT2D eigenvalue weighted by Crippen LogP contribution is 2.38. The predicted molar refractivity (Wildman–Crippen MR) is 112 cm³/mol. The maximum absolute atomic E-state index is 13.2. The minimum atomic E-state index is -0.415. The van der Waals surface area contributed by atoms with Gasteiger partial charge in [0.2, 0.25) is 11.1 Å². The van der Waals surface area contributed by atoms with Crippen LogP contribution in [0.2, 0.25) is 5.02 Å². The number of aromatic nitrogens is 3. The van der Waals surface area contributed by atoms with Gasteiger partial charge in [-0.2, -0.15) is 0 Å². The molecule has 1 amide bonds. The molecule has 2 atom stereocenters. The van der Waals surface area contributed by atoms with Gasteiger partial charge in [-0.3, -0.25) is 4.79 Å². The molecule has 6 nitrogen and oxygen atoms in total. The second-order valence-electron chi connectivity index (χ2n) is 6.55. The van der Waals surface area contributed by atoms with Crippen LogP contribution in [-0.2, 0) is 11.2 Å². The molecule has 0 spiro atoms. The van der Waals surface area contributed by atoms with Gasteiger partial charge in [0.05, 0.1) is 6.04 Å². The van der Waals surface area contributed by atoms with Gasteiger partial charge in [-0.15, -0.1) is 10.2 Å². The van der Waals surface area contributed by atoms with E-state index in [0.717, 1.165) is 23.4 Å². The van der Waals surface area contributed by atoms with Crippen molar-refractivity contribution >= 4 is 35.0 Å². The number of nitrogens with zero attached hydrogens (tertiary/aromatic N) is 3. The summed E-state index contributed by atoms with van der Waals surface area (Å²) in [5, 5.41) is 12.4. The highest BCUT2D eigenvalue weighted by atomic mass is 35.5. The number of thioether (sulfide) groups is 1. The third kappa shape index (κ3) is 3.47. The van der Waals surface area contributed by atoms with Crippen molar-refractivity contribution in [2.45, 2.75) is 36.7 Å². The zero-order valence-corrected chi connectivity index (χ0v) is 17.1. The molecule has 2 N–H and O–H groups in total. The van der Waals surface area contributed by atoms with E-state index in [4.69, 9.17) is 11.6 Å². The molecule has 4 rings (SSSR count). The second kappa shape index (κ2) is 7.85. The van der Waals surface area contributed by atoms with Crippen molar-refractivity contribution < 1.29 is 4.79 Å². The number of fused-ring (bicyclic) bond motifs is 1. The van der Waals surface area contributed by atoms with Gasteiger partial charge in [0.1, 0.15) is 5.25 Å². The Morgan fingerprint density at radius 1 is 1.21 bits per heavy atom. The molecule has 144 valence electrons. The molecule has 0 aliphatic carbocycles. The first kappa shape index (κ1) is 18.8. The number of hydrogen-bond acceptors (Lipinski definition) is 5. The zero-order chi connectivity index (χ0) is 19.7. The zero-order valence-electron chi connectivity index (χ0n) is 15.5. The highest BCUT2D eigenvalue weighted by molar-refractivity contribution is 8.00. The number of nitrogens with one attached hydrogen (secondary N) is 2. The molecule has 0 bridgehead atoms. The molecule has 0 saturated heterocycles. The normalized spacial score (nSPS) is 18.2. The molecular formula is C20H20ClN5OS. The fraction of sp³-hybridized carbons (Fsp3) is 0.250. The van der Waals surface area contributed by atoms with Gasteiger partial charge in [-0.05, 0) is 30.2 Å². The lowest BCUT2D eigenvalue weighted by atomic mass is 10.0. The molecule has 28 heavy (non-hydrogen) atoms. The topological polar surface area (TPSA) is 71.8 Å². The number of anilines is 1. The summed E-state index contributed by atoms with van der Waals surface area (Å²) in [5.74, 6) is 0.733. The third-order valence-corrected chi connectivity index (χ3v) is 6.39. The molecule has 2 unspecified atom stereocenters.